The van der Waals surface area contributed by atoms with Gasteiger partial charge in [0, 0.05) is 16.6 Å². The van der Waals surface area contributed by atoms with Crippen LogP contribution in [0, 0.1) is 6.92 Å². The van der Waals surface area contributed by atoms with E-state index in [4.69, 9.17) is 27.9 Å². The summed E-state index contributed by atoms with van der Waals surface area (Å²) >= 11 is 12.1. The van der Waals surface area contributed by atoms with Gasteiger partial charge in [-0.1, -0.05) is 71.2 Å². The van der Waals surface area contributed by atoms with Crippen LogP contribution in [0.1, 0.15) is 22.3 Å². The smallest absolute Gasteiger partial charge is 0.119 e. The molecule has 0 saturated heterocycles. The number of halogens is 2. The summed E-state index contributed by atoms with van der Waals surface area (Å²) in [6.45, 7) is 4.34. The minimum Gasteiger partial charge on any atom is -0.489 e. The molecule has 1 N–H and O–H groups in total. The third kappa shape index (κ3) is 6.28. The molecule has 2 nitrogen and oxygen atoms in total. The molecule has 0 spiro atoms. The fourth-order valence-corrected chi connectivity index (χ4v) is 3.36. The lowest BCUT2D eigenvalue weighted by Gasteiger charge is -2.09. The van der Waals surface area contributed by atoms with E-state index in [9.17, 15) is 0 Å². The van der Waals surface area contributed by atoms with E-state index in [1.165, 1.54) is 16.7 Å². The van der Waals surface area contributed by atoms with Gasteiger partial charge in [0.2, 0.25) is 0 Å². The number of benzene rings is 3. The van der Waals surface area contributed by atoms with Crippen LogP contribution in [-0.4, -0.2) is 6.54 Å². The van der Waals surface area contributed by atoms with Crippen molar-refractivity contribution < 1.29 is 4.74 Å². The van der Waals surface area contributed by atoms with Crippen LogP contribution >= 0.6 is 23.2 Å². The number of hydrogen-bond donors (Lipinski definition) is 1. The Balaban J connectivity index is 1.42. The average molecular weight is 400 g/mol. The SMILES string of the molecule is Cc1cccc(COc2ccc(CNCCc3ccc(Cl)cc3Cl)cc2)c1. The Kier molecular flexibility index (Phi) is 7.17. The Bertz CT molecular complexity index is 878. The summed E-state index contributed by atoms with van der Waals surface area (Å²) in [5.74, 6) is 0.883. The maximum absolute atomic E-state index is 6.20. The van der Waals surface area contributed by atoms with Gasteiger partial charge in [-0.2, -0.15) is 0 Å². The quantitative estimate of drug-likeness (QED) is 0.454. The van der Waals surface area contributed by atoms with Crippen molar-refractivity contribution in [2.75, 3.05) is 6.54 Å². The Morgan fingerprint density at radius 2 is 1.70 bits per heavy atom. The molecule has 0 aliphatic heterocycles. The molecule has 0 aliphatic rings. The van der Waals surface area contributed by atoms with Crippen LogP contribution in [0.2, 0.25) is 10.0 Å². The Labute approximate surface area is 171 Å². The molecule has 27 heavy (non-hydrogen) atoms. The molecule has 3 aromatic carbocycles. The van der Waals surface area contributed by atoms with E-state index in [2.05, 4.69) is 48.6 Å². The summed E-state index contributed by atoms with van der Waals surface area (Å²) in [7, 11) is 0. The maximum Gasteiger partial charge on any atom is 0.119 e. The van der Waals surface area contributed by atoms with Crippen molar-refractivity contribution in [3.05, 3.63) is 99.0 Å². The van der Waals surface area contributed by atoms with Crippen LogP contribution < -0.4 is 10.1 Å². The molecule has 0 radical (unpaired) electrons. The Morgan fingerprint density at radius 3 is 2.44 bits per heavy atom. The first-order chi connectivity index (χ1) is 13.1. The van der Waals surface area contributed by atoms with E-state index in [-0.39, 0.29) is 0 Å². The summed E-state index contributed by atoms with van der Waals surface area (Å²) < 4.78 is 5.86. The van der Waals surface area contributed by atoms with Gasteiger partial charge in [0.05, 0.1) is 0 Å². The molecule has 3 aromatic rings. The number of nitrogens with one attached hydrogen (secondary N) is 1. The summed E-state index contributed by atoms with van der Waals surface area (Å²) in [5, 5.41) is 4.83. The van der Waals surface area contributed by atoms with Gasteiger partial charge in [0.1, 0.15) is 12.4 Å². The zero-order valence-corrected chi connectivity index (χ0v) is 16.9. The Hall–Kier alpha value is -2.00. The monoisotopic (exact) mass is 399 g/mol. The average Bonchev–Trinajstić information content (AvgIpc) is 2.66. The summed E-state index contributed by atoms with van der Waals surface area (Å²) in [6.07, 6.45) is 0.869. The van der Waals surface area contributed by atoms with E-state index >= 15 is 0 Å². The van der Waals surface area contributed by atoms with E-state index in [1.54, 1.807) is 6.07 Å². The minimum absolute atomic E-state index is 0.584. The van der Waals surface area contributed by atoms with Crippen LogP contribution in [0.4, 0.5) is 0 Å². The predicted octanol–water partition coefficient (Wildman–Crippen LogP) is 6.21. The van der Waals surface area contributed by atoms with Gasteiger partial charge in [-0.3, -0.25) is 0 Å². The van der Waals surface area contributed by atoms with Crippen LogP contribution in [-0.2, 0) is 19.6 Å². The maximum atomic E-state index is 6.20. The lowest BCUT2D eigenvalue weighted by Crippen LogP contribution is -2.16. The zero-order valence-electron chi connectivity index (χ0n) is 15.3. The van der Waals surface area contributed by atoms with Gasteiger partial charge in [0.15, 0.2) is 0 Å². The van der Waals surface area contributed by atoms with E-state index in [0.29, 0.717) is 11.6 Å². The number of hydrogen-bond acceptors (Lipinski definition) is 2. The number of rotatable bonds is 8. The number of ether oxygens (including phenoxy) is 1. The first kappa shape index (κ1) is 19.8. The zero-order chi connectivity index (χ0) is 19.1. The molecule has 4 heteroatoms. The third-order valence-corrected chi connectivity index (χ3v) is 4.91. The van der Waals surface area contributed by atoms with Gasteiger partial charge in [-0.05, 0) is 60.8 Å². The van der Waals surface area contributed by atoms with Gasteiger partial charge in [-0.25, -0.2) is 0 Å². The summed E-state index contributed by atoms with van der Waals surface area (Å²) in [6, 6.07) is 22.2. The second-order valence-corrected chi connectivity index (χ2v) is 7.43. The molecule has 0 bridgehead atoms. The fraction of sp³-hybridized carbons (Fsp3) is 0.217. The molecule has 0 atom stereocenters. The first-order valence-corrected chi connectivity index (χ1v) is 9.78. The highest BCUT2D eigenvalue weighted by molar-refractivity contribution is 6.35. The van der Waals surface area contributed by atoms with Gasteiger partial charge >= 0.3 is 0 Å². The first-order valence-electron chi connectivity index (χ1n) is 9.02. The van der Waals surface area contributed by atoms with Crippen molar-refractivity contribution in [3.8, 4) is 5.75 Å². The van der Waals surface area contributed by atoms with Crippen molar-refractivity contribution in [2.45, 2.75) is 26.5 Å². The van der Waals surface area contributed by atoms with Crippen LogP contribution in [0.3, 0.4) is 0 Å². The highest BCUT2D eigenvalue weighted by Gasteiger charge is 2.02. The van der Waals surface area contributed by atoms with Crippen LogP contribution in [0.5, 0.6) is 5.75 Å². The molecule has 0 fully saturated rings. The highest BCUT2D eigenvalue weighted by atomic mass is 35.5. The second kappa shape index (κ2) is 9.80. The molecule has 0 unspecified atom stereocenters. The molecule has 0 amide bonds. The van der Waals surface area contributed by atoms with E-state index < -0.39 is 0 Å². The van der Waals surface area contributed by atoms with Gasteiger partial charge < -0.3 is 10.1 Å². The second-order valence-electron chi connectivity index (χ2n) is 6.58. The van der Waals surface area contributed by atoms with Crippen molar-refractivity contribution in [1.82, 2.24) is 5.32 Å². The van der Waals surface area contributed by atoms with Crippen molar-refractivity contribution in [3.63, 3.8) is 0 Å². The molecule has 0 aromatic heterocycles. The van der Waals surface area contributed by atoms with Crippen molar-refractivity contribution in [2.24, 2.45) is 0 Å². The predicted molar refractivity (Wildman–Crippen MR) is 114 cm³/mol. The van der Waals surface area contributed by atoms with Gasteiger partial charge in [-0.15, -0.1) is 0 Å². The number of aryl methyl sites for hydroxylation is 1. The molecule has 3 rings (SSSR count). The lowest BCUT2D eigenvalue weighted by atomic mass is 10.1. The third-order valence-electron chi connectivity index (χ3n) is 4.33. The van der Waals surface area contributed by atoms with Crippen LogP contribution in [0.25, 0.3) is 0 Å². The van der Waals surface area contributed by atoms with E-state index in [0.717, 1.165) is 35.8 Å². The fourth-order valence-electron chi connectivity index (χ4n) is 2.85. The van der Waals surface area contributed by atoms with Crippen molar-refractivity contribution in [1.29, 1.82) is 0 Å². The van der Waals surface area contributed by atoms with E-state index in [1.807, 2.05) is 24.3 Å². The normalized spacial score (nSPS) is 10.8. The minimum atomic E-state index is 0.584. The van der Waals surface area contributed by atoms with Gasteiger partial charge in [0.25, 0.3) is 0 Å². The highest BCUT2D eigenvalue weighted by Crippen LogP contribution is 2.21. The van der Waals surface area contributed by atoms with Crippen molar-refractivity contribution >= 4 is 23.2 Å². The molecule has 0 heterocycles. The standard InChI is InChI=1S/C23H23Cl2NO/c1-17-3-2-4-19(13-17)16-27-22-9-5-18(6-10-22)15-26-12-11-20-7-8-21(24)14-23(20)25/h2-10,13-14,26H,11-12,15-16H2,1H3. The Morgan fingerprint density at radius 1 is 0.889 bits per heavy atom. The topological polar surface area (TPSA) is 21.3 Å². The van der Waals surface area contributed by atoms with Crippen LogP contribution in [0.15, 0.2) is 66.7 Å². The molecule has 140 valence electrons. The molecular formula is C23H23Cl2NO. The molecule has 0 saturated carbocycles. The summed E-state index contributed by atoms with van der Waals surface area (Å²) in [5.41, 5.74) is 4.76. The largest absolute Gasteiger partial charge is 0.489 e. The molecular weight excluding hydrogens is 377 g/mol. The lowest BCUT2D eigenvalue weighted by molar-refractivity contribution is 0.306. The summed E-state index contributed by atoms with van der Waals surface area (Å²) in [4.78, 5) is 0. The molecule has 0 aliphatic carbocycles.